The first-order valence-corrected chi connectivity index (χ1v) is 40.4. The van der Waals surface area contributed by atoms with E-state index in [0.29, 0.717) is 67.3 Å². The number of carbonyl (C=O) groups excluding carboxylic acids is 2. The van der Waals surface area contributed by atoms with Crippen LogP contribution in [0.15, 0.2) is 89.9 Å². The van der Waals surface area contributed by atoms with Gasteiger partial charge < -0.3 is 19.3 Å². The van der Waals surface area contributed by atoms with Gasteiger partial charge in [0, 0.05) is 91.1 Å². The Hall–Kier alpha value is -4.74. The molecule has 0 aliphatic carbocycles. The summed E-state index contributed by atoms with van der Waals surface area (Å²) in [6.45, 7) is 16.2. The first-order valence-electron chi connectivity index (χ1n) is 38.8. The summed E-state index contributed by atoms with van der Waals surface area (Å²) in [5.41, 5.74) is 6.11. The molecular formula is C84H124N4O4S2. The Bertz CT molecular complexity index is 3210. The van der Waals surface area contributed by atoms with Crippen molar-refractivity contribution >= 4 is 71.1 Å². The molecule has 6 heterocycles. The van der Waals surface area contributed by atoms with Crippen molar-refractivity contribution in [1.29, 1.82) is 0 Å². The van der Waals surface area contributed by atoms with Gasteiger partial charge in [-0.1, -0.05) is 289 Å². The van der Waals surface area contributed by atoms with Gasteiger partial charge in [-0.2, -0.15) is 0 Å². The van der Waals surface area contributed by atoms with E-state index in [1.807, 2.05) is 53.4 Å². The number of nitrogens with zero attached hydrogens (tertiary/aromatic N) is 4. The molecule has 0 radical (unpaired) electrons. The molecule has 2 aromatic carbocycles. The predicted molar refractivity (Wildman–Crippen MR) is 405 cm³/mol. The SMILES string of the molecule is CCCCCCCCCCCCC(CCCCCCCCCC)COCCN1C(=O)C2=C(c3ccc(-c4cc5ccc6c(ccc7cc(-c8ccc(C)nc8)sc76)c5s4)cn3)N(CCOCC(CCCCCCCCCC)CCCCCCCCCCCC)C(=O)C2=C1C. The van der Waals surface area contributed by atoms with Crippen molar-refractivity contribution in [3.63, 3.8) is 0 Å². The number of thiophene rings is 2. The molecule has 8 rings (SSSR count). The van der Waals surface area contributed by atoms with E-state index in [1.54, 1.807) is 11.3 Å². The van der Waals surface area contributed by atoms with Crippen LogP contribution in [0.25, 0.3) is 57.5 Å². The van der Waals surface area contributed by atoms with Gasteiger partial charge in [-0.25, -0.2) is 0 Å². The Kier molecular flexibility index (Phi) is 34.2. The molecule has 0 fully saturated rings. The number of allylic oxidation sites excluding steroid dienone is 1. The highest BCUT2D eigenvalue weighted by atomic mass is 32.1. The largest absolute Gasteiger partial charge is 0.379 e. The fraction of sp³-hybridized carbons (Fsp3) is 0.643. The van der Waals surface area contributed by atoms with Gasteiger partial charge in [-0.05, 0) is 92.5 Å². The lowest BCUT2D eigenvalue weighted by molar-refractivity contribution is -0.125. The van der Waals surface area contributed by atoms with E-state index in [9.17, 15) is 0 Å². The number of amides is 2. The number of hydrogen-bond acceptors (Lipinski definition) is 8. The molecular weight excluding hydrogens is 1190 g/mol. The van der Waals surface area contributed by atoms with Crippen LogP contribution in [0.1, 0.15) is 303 Å². The van der Waals surface area contributed by atoms with Crippen LogP contribution in [0.3, 0.4) is 0 Å². The van der Waals surface area contributed by atoms with E-state index in [-0.39, 0.29) is 11.8 Å². The smallest absolute Gasteiger partial charge is 0.261 e. The molecule has 0 spiro atoms. The topological polar surface area (TPSA) is 84.9 Å². The molecule has 0 saturated carbocycles. The van der Waals surface area contributed by atoms with Gasteiger partial charge in [-0.15, -0.1) is 22.7 Å². The van der Waals surface area contributed by atoms with Crippen LogP contribution in [-0.4, -0.2) is 71.1 Å². The summed E-state index contributed by atoms with van der Waals surface area (Å²) in [6.07, 6.45) is 56.9. The molecule has 2 amide bonds. The van der Waals surface area contributed by atoms with E-state index in [2.05, 4.69) is 87.3 Å². The number of ether oxygens (including phenoxy) is 2. The van der Waals surface area contributed by atoms with Crippen LogP contribution < -0.4 is 0 Å². The zero-order valence-electron chi connectivity index (χ0n) is 59.8. The van der Waals surface area contributed by atoms with E-state index >= 15 is 9.59 Å². The van der Waals surface area contributed by atoms with Crippen molar-refractivity contribution in [3.8, 4) is 20.9 Å². The van der Waals surface area contributed by atoms with Crippen molar-refractivity contribution < 1.29 is 19.1 Å². The van der Waals surface area contributed by atoms with Crippen molar-refractivity contribution in [3.05, 3.63) is 101 Å². The van der Waals surface area contributed by atoms with Crippen LogP contribution in [0.4, 0.5) is 0 Å². The second-order valence-electron chi connectivity index (χ2n) is 28.4. The first-order chi connectivity index (χ1) is 46.2. The zero-order chi connectivity index (χ0) is 66.0. The molecule has 516 valence electrons. The van der Waals surface area contributed by atoms with E-state index in [0.717, 1.165) is 34.0 Å². The Morgan fingerprint density at radius 2 is 0.766 bits per heavy atom. The maximum Gasteiger partial charge on any atom is 0.261 e. The first kappa shape index (κ1) is 75.0. The lowest BCUT2D eigenvalue weighted by Crippen LogP contribution is -2.33. The predicted octanol–water partition coefficient (Wildman–Crippen LogP) is 25.3. The van der Waals surface area contributed by atoms with Gasteiger partial charge >= 0.3 is 0 Å². The van der Waals surface area contributed by atoms with E-state index in [4.69, 9.17) is 14.5 Å². The fourth-order valence-corrected chi connectivity index (χ4v) is 17.1. The summed E-state index contributed by atoms with van der Waals surface area (Å²) >= 11 is 3.63. The molecule has 94 heavy (non-hydrogen) atoms. The monoisotopic (exact) mass is 1320 g/mol. The minimum atomic E-state index is -0.129. The van der Waals surface area contributed by atoms with Gasteiger partial charge in [0.25, 0.3) is 11.8 Å². The van der Waals surface area contributed by atoms with Crippen LogP contribution >= 0.6 is 22.7 Å². The normalized spacial score (nSPS) is 14.2. The number of pyridine rings is 2. The summed E-state index contributed by atoms with van der Waals surface area (Å²) in [7, 11) is 0. The number of unbranched alkanes of at least 4 members (excludes halogenated alkanes) is 32. The lowest BCUT2D eigenvalue weighted by atomic mass is 9.94. The maximum atomic E-state index is 15.1. The standard InChI is InChI=1S/C84H124N4O4S2/c1-7-11-15-19-23-27-29-33-37-41-44-67(43-39-35-31-25-21-17-13-9-3)63-91-57-55-87-66(6)78-79(84(87)90)80(88(83(78)89)56-58-92-64-68(45-40-36-32-26-22-18-14-10-4)46-42-38-34-30-28-24-20-16-12-8-2)75-54-51-72(62-86-75)77-60-70-50-53-73-74(82(70)94-77)52-49-69-59-76(93-81(69)73)71-48-47-65(5)85-61-71/h47-54,59-62,67-68H,7-46,55-58,63-64H2,1-6H3. The number of fused-ring (bicyclic) bond motifs is 6. The number of hydrogen-bond donors (Lipinski definition) is 0. The van der Waals surface area contributed by atoms with Crippen LogP contribution in [-0.2, 0) is 19.1 Å². The Labute approximate surface area is 578 Å². The van der Waals surface area contributed by atoms with Crippen LogP contribution in [0, 0.1) is 18.8 Å². The molecule has 8 nitrogen and oxygen atoms in total. The number of carbonyl (C=O) groups is 2. The third kappa shape index (κ3) is 23.2. The van der Waals surface area contributed by atoms with E-state index in [1.165, 1.54) is 293 Å². The van der Waals surface area contributed by atoms with Gasteiger partial charge in [0.2, 0.25) is 0 Å². The van der Waals surface area contributed by atoms with Gasteiger partial charge in [0.1, 0.15) is 0 Å². The van der Waals surface area contributed by atoms with Crippen molar-refractivity contribution in [2.75, 3.05) is 39.5 Å². The Balaban J connectivity index is 0.952. The minimum absolute atomic E-state index is 0.129. The maximum absolute atomic E-state index is 15.1. The molecule has 10 heteroatoms. The number of aromatic nitrogens is 2. The molecule has 6 aromatic rings. The van der Waals surface area contributed by atoms with Crippen molar-refractivity contribution in [1.82, 2.24) is 19.8 Å². The summed E-state index contributed by atoms with van der Waals surface area (Å²) in [6, 6.07) is 22.1. The minimum Gasteiger partial charge on any atom is -0.379 e. The fourth-order valence-electron chi connectivity index (χ4n) is 14.7. The summed E-state index contributed by atoms with van der Waals surface area (Å²) in [5.74, 6) is 0.782. The van der Waals surface area contributed by atoms with Gasteiger partial charge in [-0.3, -0.25) is 19.6 Å². The summed E-state index contributed by atoms with van der Waals surface area (Å²) in [5, 5.41) is 4.96. The van der Waals surface area contributed by atoms with Crippen LogP contribution in [0.5, 0.6) is 0 Å². The van der Waals surface area contributed by atoms with E-state index < -0.39 is 0 Å². The summed E-state index contributed by atoms with van der Waals surface area (Å²) in [4.78, 5) is 45.9. The van der Waals surface area contributed by atoms with Crippen LogP contribution in [0.2, 0.25) is 0 Å². The third-order valence-corrected chi connectivity index (χ3v) is 23.0. The molecule has 0 bridgehead atoms. The Morgan fingerprint density at radius 1 is 0.404 bits per heavy atom. The van der Waals surface area contributed by atoms with Gasteiger partial charge in [0.05, 0.1) is 35.8 Å². The number of benzene rings is 2. The molecule has 4 aromatic heterocycles. The average molecular weight is 1320 g/mol. The third-order valence-electron chi connectivity index (χ3n) is 20.6. The number of rotatable bonds is 53. The highest BCUT2D eigenvalue weighted by Gasteiger charge is 2.47. The molecule has 0 saturated heterocycles. The molecule has 2 atom stereocenters. The molecule has 0 N–H and O–H groups in total. The average Bonchev–Trinajstić information content (AvgIpc) is 1.57. The second-order valence-corrected chi connectivity index (χ2v) is 30.5. The highest BCUT2D eigenvalue weighted by molar-refractivity contribution is 7.24. The lowest BCUT2D eigenvalue weighted by Gasteiger charge is -2.24. The molecule has 2 aliphatic rings. The zero-order valence-corrected chi connectivity index (χ0v) is 61.5. The highest BCUT2D eigenvalue weighted by Crippen LogP contribution is 2.46. The molecule has 2 aliphatic heterocycles. The van der Waals surface area contributed by atoms with Crippen molar-refractivity contribution in [2.24, 2.45) is 11.8 Å². The quantitative estimate of drug-likeness (QED) is 0.0354. The van der Waals surface area contributed by atoms with Gasteiger partial charge in [0.15, 0.2) is 0 Å². The summed E-state index contributed by atoms with van der Waals surface area (Å²) < 4.78 is 15.8. The second kappa shape index (κ2) is 42.8. The number of aryl methyl sites for hydroxylation is 1. The molecule has 2 unspecified atom stereocenters. The van der Waals surface area contributed by atoms with Crippen molar-refractivity contribution in [2.45, 2.75) is 298 Å². The Morgan fingerprint density at radius 3 is 1.14 bits per heavy atom.